The van der Waals surface area contributed by atoms with Gasteiger partial charge in [-0.1, -0.05) is 6.07 Å². The van der Waals surface area contributed by atoms with Crippen LogP contribution in [0.2, 0.25) is 0 Å². The van der Waals surface area contributed by atoms with Crippen LogP contribution in [0.5, 0.6) is 0 Å². The van der Waals surface area contributed by atoms with E-state index in [1.54, 1.807) is 42.4 Å². The van der Waals surface area contributed by atoms with Crippen LogP contribution in [0.25, 0.3) is 0 Å². The van der Waals surface area contributed by atoms with E-state index in [1.165, 1.54) is 18.3 Å². The number of anilines is 1. The Kier molecular flexibility index (Phi) is 4.47. The Hall–Kier alpha value is -2.21. The Morgan fingerprint density at radius 2 is 2.20 bits per heavy atom. The molecule has 0 unspecified atom stereocenters. The largest absolute Gasteiger partial charge is 0.335 e. The Morgan fingerprint density at radius 3 is 2.85 bits per heavy atom. The summed E-state index contributed by atoms with van der Waals surface area (Å²) in [7, 11) is 1.73. The predicted molar refractivity (Wildman–Crippen MR) is 78.7 cm³/mol. The number of nitrogens with one attached hydrogen (secondary N) is 1. The highest BCUT2D eigenvalue weighted by Crippen LogP contribution is 2.14. The average Bonchev–Trinajstić information content (AvgIpc) is 2.90. The second kappa shape index (κ2) is 6.29. The van der Waals surface area contributed by atoms with Gasteiger partial charge in [-0.3, -0.25) is 9.59 Å². The molecule has 1 aromatic heterocycles. The Labute approximate surface area is 121 Å². The van der Waals surface area contributed by atoms with E-state index in [-0.39, 0.29) is 11.8 Å². The van der Waals surface area contributed by atoms with Crippen LogP contribution in [0.1, 0.15) is 22.3 Å². The zero-order valence-electron chi connectivity index (χ0n) is 11.3. The molecule has 2 aromatic rings. The predicted octanol–water partition coefficient (Wildman–Crippen LogP) is 2.37. The van der Waals surface area contributed by atoms with E-state index >= 15 is 0 Å². The fourth-order valence-corrected chi connectivity index (χ4v) is 2.43. The lowest BCUT2D eigenvalue weighted by molar-refractivity contribution is -0.114. The van der Waals surface area contributed by atoms with E-state index in [4.69, 9.17) is 0 Å². The molecule has 0 saturated carbocycles. The molecule has 1 N–H and O–H groups in total. The van der Waals surface area contributed by atoms with Crippen LogP contribution in [0.15, 0.2) is 35.8 Å². The molecule has 0 fully saturated rings. The Bertz CT molecular complexity index is 611. The number of benzene rings is 1. The van der Waals surface area contributed by atoms with Gasteiger partial charge < -0.3 is 10.2 Å². The van der Waals surface area contributed by atoms with Gasteiger partial charge in [-0.05, 0) is 18.2 Å². The van der Waals surface area contributed by atoms with Crippen LogP contribution in [-0.2, 0) is 11.3 Å². The number of nitrogens with zero attached hydrogens (tertiary/aromatic N) is 2. The molecule has 5 nitrogen and oxygen atoms in total. The molecule has 6 heteroatoms. The van der Waals surface area contributed by atoms with Crippen molar-refractivity contribution in [2.75, 3.05) is 12.4 Å². The van der Waals surface area contributed by atoms with Gasteiger partial charge in [0.05, 0.1) is 6.54 Å². The van der Waals surface area contributed by atoms with Gasteiger partial charge in [0.1, 0.15) is 5.01 Å². The lowest BCUT2D eigenvalue weighted by Crippen LogP contribution is -2.26. The highest BCUT2D eigenvalue weighted by Gasteiger charge is 2.13. The average molecular weight is 289 g/mol. The smallest absolute Gasteiger partial charge is 0.254 e. The van der Waals surface area contributed by atoms with Gasteiger partial charge in [-0.25, -0.2) is 4.98 Å². The first kappa shape index (κ1) is 14.2. The maximum absolute atomic E-state index is 12.3. The zero-order valence-corrected chi connectivity index (χ0v) is 12.1. The quantitative estimate of drug-likeness (QED) is 0.940. The normalized spacial score (nSPS) is 10.1. The van der Waals surface area contributed by atoms with E-state index < -0.39 is 0 Å². The molecule has 20 heavy (non-hydrogen) atoms. The molecule has 2 rings (SSSR count). The monoisotopic (exact) mass is 289 g/mol. The van der Waals surface area contributed by atoms with Crippen molar-refractivity contribution >= 4 is 28.8 Å². The Morgan fingerprint density at radius 1 is 1.40 bits per heavy atom. The lowest BCUT2D eigenvalue weighted by Gasteiger charge is -2.16. The first-order valence-corrected chi connectivity index (χ1v) is 6.95. The highest BCUT2D eigenvalue weighted by atomic mass is 32.1. The minimum Gasteiger partial charge on any atom is -0.335 e. The van der Waals surface area contributed by atoms with Crippen molar-refractivity contribution in [2.45, 2.75) is 13.5 Å². The second-order valence-corrected chi connectivity index (χ2v) is 5.33. The molecule has 1 heterocycles. The van der Waals surface area contributed by atoms with Crippen LogP contribution >= 0.6 is 11.3 Å². The van der Waals surface area contributed by atoms with Crippen molar-refractivity contribution in [3.8, 4) is 0 Å². The molecule has 0 spiro atoms. The topological polar surface area (TPSA) is 62.3 Å². The summed E-state index contributed by atoms with van der Waals surface area (Å²) in [5.74, 6) is -0.266. The maximum Gasteiger partial charge on any atom is 0.254 e. The SMILES string of the molecule is CC(=O)Nc1cccc(C(=O)N(C)Cc2nccs2)c1. The summed E-state index contributed by atoms with van der Waals surface area (Å²) in [4.78, 5) is 29.1. The zero-order chi connectivity index (χ0) is 14.5. The van der Waals surface area contributed by atoms with Crippen molar-refractivity contribution in [2.24, 2.45) is 0 Å². The lowest BCUT2D eigenvalue weighted by atomic mass is 10.1. The number of carbonyl (C=O) groups is 2. The van der Waals surface area contributed by atoms with Crippen LogP contribution in [-0.4, -0.2) is 28.7 Å². The molecule has 0 bridgehead atoms. The van der Waals surface area contributed by atoms with Crippen LogP contribution in [0.4, 0.5) is 5.69 Å². The van der Waals surface area contributed by atoms with Gasteiger partial charge in [0.2, 0.25) is 5.91 Å². The fraction of sp³-hybridized carbons (Fsp3) is 0.214. The van der Waals surface area contributed by atoms with E-state index in [0.29, 0.717) is 17.8 Å². The fourth-order valence-electron chi connectivity index (χ4n) is 1.76. The maximum atomic E-state index is 12.3. The number of hydrogen-bond donors (Lipinski definition) is 1. The summed E-state index contributed by atoms with van der Waals surface area (Å²) in [6.45, 7) is 1.91. The molecule has 0 aliphatic carbocycles. The molecule has 0 saturated heterocycles. The van der Waals surface area contributed by atoms with Crippen molar-refractivity contribution < 1.29 is 9.59 Å². The summed E-state index contributed by atoms with van der Waals surface area (Å²) in [6, 6.07) is 6.89. The molecule has 0 aliphatic heterocycles. The van der Waals surface area contributed by atoms with Gasteiger partial charge in [-0.2, -0.15) is 0 Å². The van der Waals surface area contributed by atoms with E-state index in [9.17, 15) is 9.59 Å². The third-order valence-corrected chi connectivity index (χ3v) is 3.40. The molecule has 104 valence electrons. The number of thiazole rings is 1. The molecule has 2 amide bonds. The first-order chi connectivity index (χ1) is 9.56. The van der Waals surface area contributed by atoms with Crippen molar-refractivity contribution in [3.63, 3.8) is 0 Å². The van der Waals surface area contributed by atoms with Crippen molar-refractivity contribution in [1.29, 1.82) is 0 Å². The molecule has 1 aromatic carbocycles. The minimum atomic E-state index is -0.161. The second-order valence-electron chi connectivity index (χ2n) is 4.35. The number of amides is 2. The summed E-state index contributed by atoms with van der Waals surface area (Å²) >= 11 is 1.51. The molecule has 0 radical (unpaired) electrons. The van der Waals surface area contributed by atoms with Gasteiger partial charge in [-0.15, -0.1) is 11.3 Å². The Balaban J connectivity index is 2.10. The van der Waals surface area contributed by atoms with Crippen molar-refractivity contribution in [3.05, 3.63) is 46.4 Å². The summed E-state index contributed by atoms with van der Waals surface area (Å²) in [5.41, 5.74) is 1.15. The summed E-state index contributed by atoms with van der Waals surface area (Å²) in [6.07, 6.45) is 1.72. The third kappa shape index (κ3) is 3.64. The van der Waals surface area contributed by atoms with Gasteiger partial charge >= 0.3 is 0 Å². The van der Waals surface area contributed by atoms with Gasteiger partial charge in [0, 0.05) is 36.8 Å². The standard InChI is InChI=1S/C14H15N3O2S/c1-10(18)16-12-5-3-4-11(8-12)14(19)17(2)9-13-15-6-7-20-13/h3-8H,9H2,1-2H3,(H,16,18). The van der Waals surface area contributed by atoms with Crippen LogP contribution < -0.4 is 5.32 Å². The van der Waals surface area contributed by atoms with E-state index in [2.05, 4.69) is 10.3 Å². The molecular weight excluding hydrogens is 274 g/mol. The van der Waals surface area contributed by atoms with E-state index in [1.807, 2.05) is 5.38 Å². The summed E-state index contributed by atoms with van der Waals surface area (Å²) < 4.78 is 0. The number of hydrogen-bond acceptors (Lipinski definition) is 4. The van der Waals surface area contributed by atoms with Crippen LogP contribution in [0.3, 0.4) is 0 Å². The first-order valence-electron chi connectivity index (χ1n) is 6.08. The van der Waals surface area contributed by atoms with Gasteiger partial charge in [0.15, 0.2) is 0 Å². The van der Waals surface area contributed by atoms with Crippen molar-refractivity contribution in [1.82, 2.24) is 9.88 Å². The molecule has 0 aliphatic rings. The van der Waals surface area contributed by atoms with Gasteiger partial charge in [0.25, 0.3) is 5.91 Å². The third-order valence-electron chi connectivity index (χ3n) is 2.63. The highest BCUT2D eigenvalue weighted by molar-refractivity contribution is 7.09. The minimum absolute atomic E-state index is 0.104. The number of rotatable bonds is 4. The van der Waals surface area contributed by atoms with Crippen LogP contribution in [0, 0.1) is 0 Å². The number of carbonyl (C=O) groups excluding carboxylic acids is 2. The molecule has 0 atom stereocenters. The summed E-state index contributed by atoms with van der Waals surface area (Å²) in [5, 5.41) is 5.43. The number of aromatic nitrogens is 1. The van der Waals surface area contributed by atoms with E-state index in [0.717, 1.165) is 5.01 Å². The molecular formula is C14H15N3O2S.